The molecule has 0 aliphatic rings. The van der Waals surface area contributed by atoms with E-state index in [-0.39, 0.29) is 17.6 Å². The summed E-state index contributed by atoms with van der Waals surface area (Å²) >= 11 is 0. The number of ether oxygens (including phenoxy) is 1. The first kappa shape index (κ1) is 10.5. The topological polar surface area (TPSA) is 35.0 Å². The molecule has 0 aromatic carbocycles. The summed E-state index contributed by atoms with van der Waals surface area (Å²) in [7, 11) is 1.35. The minimum atomic E-state index is -0.581. The quantitative estimate of drug-likeness (QED) is 0.637. The van der Waals surface area contributed by atoms with E-state index in [4.69, 9.17) is 4.74 Å². The maximum absolute atomic E-state index is 12.9. The van der Waals surface area contributed by atoms with Gasteiger partial charge in [-0.1, -0.05) is 19.8 Å². The second-order valence-electron chi connectivity index (χ2n) is 2.97. The Kier molecular flexibility index (Phi) is 3.41. The third-order valence-corrected chi connectivity index (χ3v) is 1.38. The molecule has 0 saturated heterocycles. The van der Waals surface area contributed by atoms with Crippen LogP contribution >= 0.6 is 0 Å². The van der Waals surface area contributed by atoms with E-state index >= 15 is 0 Å². The molecule has 1 rings (SSSR count). The van der Waals surface area contributed by atoms with Crippen molar-refractivity contribution >= 4 is 0 Å². The van der Waals surface area contributed by atoms with Gasteiger partial charge < -0.3 is 4.74 Å². The maximum atomic E-state index is 12.9. The molecule has 0 bridgehead atoms. The minimum absolute atomic E-state index is 0.0759. The van der Waals surface area contributed by atoms with Crippen molar-refractivity contribution in [2.24, 2.45) is 5.92 Å². The van der Waals surface area contributed by atoms with E-state index < -0.39 is 5.82 Å². The first-order valence-corrected chi connectivity index (χ1v) is 4.21. The highest BCUT2D eigenvalue weighted by Gasteiger charge is 2.04. The monoisotopic (exact) mass is 194 g/mol. The average Bonchev–Trinajstić information content (AvgIpc) is 2.16. The SMILES string of the molecule is COc1nc(C#CC(C)C)ncc1F. The van der Waals surface area contributed by atoms with Gasteiger partial charge in [-0.3, -0.25) is 0 Å². The van der Waals surface area contributed by atoms with Crippen molar-refractivity contribution in [2.75, 3.05) is 7.11 Å². The van der Waals surface area contributed by atoms with Crippen LogP contribution in [0.25, 0.3) is 0 Å². The molecule has 0 radical (unpaired) electrons. The van der Waals surface area contributed by atoms with Crippen LogP contribution in [0.5, 0.6) is 5.88 Å². The number of halogens is 1. The fourth-order valence-electron chi connectivity index (χ4n) is 0.764. The molecule has 0 aliphatic heterocycles. The van der Waals surface area contributed by atoms with E-state index in [0.717, 1.165) is 6.20 Å². The molecule has 0 spiro atoms. The van der Waals surface area contributed by atoms with Gasteiger partial charge in [-0.15, -0.1) is 0 Å². The summed E-state index contributed by atoms with van der Waals surface area (Å²) in [6, 6.07) is 0. The average molecular weight is 194 g/mol. The van der Waals surface area contributed by atoms with E-state index in [1.54, 1.807) is 0 Å². The molecule has 3 nitrogen and oxygen atoms in total. The Labute approximate surface area is 82.3 Å². The Hall–Kier alpha value is -1.63. The fourth-order valence-corrected chi connectivity index (χ4v) is 0.764. The van der Waals surface area contributed by atoms with Crippen LogP contribution in [0.3, 0.4) is 0 Å². The summed E-state index contributed by atoms with van der Waals surface area (Å²) in [6.45, 7) is 3.90. The highest BCUT2D eigenvalue weighted by Crippen LogP contribution is 2.10. The zero-order valence-corrected chi connectivity index (χ0v) is 8.34. The number of hydrogen-bond acceptors (Lipinski definition) is 3. The largest absolute Gasteiger partial charge is 0.479 e. The van der Waals surface area contributed by atoms with Gasteiger partial charge in [0.1, 0.15) is 0 Å². The molecular weight excluding hydrogens is 183 g/mol. The Bertz CT molecular complexity index is 379. The number of aromatic nitrogens is 2. The second kappa shape index (κ2) is 4.56. The van der Waals surface area contributed by atoms with Gasteiger partial charge in [0.15, 0.2) is 0 Å². The van der Waals surface area contributed by atoms with Crippen LogP contribution in [-0.2, 0) is 0 Å². The number of hydrogen-bond donors (Lipinski definition) is 0. The molecule has 1 aromatic heterocycles. The molecule has 0 unspecified atom stereocenters. The molecule has 0 fully saturated rings. The summed E-state index contributed by atoms with van der Waals surface area (Å²) in [4.78, 5) is 7.50. The molecule has 4 heteroatoms. The summed E-state index contributed by atoms with van der Waals surface area (Å²) < 4.78 is 17.6. The van der Waals surface area contributed by atoms with Crippen LogP contribution in [0.15, 0.2) is 6.20 Å². The number of methoxy groups -OCH3 is 1. The van der Waals surface area contributed by atoms with Gasteiger partial charge in [0.05, 0.1) is 13.3 Å². The molecule has 74 valence electrons. The third kappa shape index (κ3) is 2.70. The molecule has 1 heterocycles. The van der Waals surface area contributed by atoms with Gasteiger partial charge >= 0.3 is 0 Å². The van der Waals surface area contributed by atoms with Crippen LogP contribution in [0.1, 0.15) is 19.7 Å². The van der Waals surface area contributed by atoms with Crippen LogP contribution in [-0.4, -0.2) is 17.1 Å². The van der Waals surface area contributed by atoms with E-state index in [1.807, 2.05) is 13.8 Å². The van der Waals surface area contributed by atoms with Gasteiger partial charge in [0.2, 0.25) is 11.6 Å². The Balaban J connectivity index is 2.97. The van der Waals surface area contributed by atoms with Crippen molar-refractivity contribution in [3.05, 3.63) is 17.8 Å². The van der Waals surface area contributed by atoms with Crippen molar-refractivity contribution in [1.82, 2.24) is 9.97 Å². The van der Waals surface area contributed by atoms with Crippen molar-refractivity contribution in [3.63, 3.8) is 0 Å². The second-order valence-corrected chi connectivity index (χ2v) is 2.97. The van der Waals surface area contributed by atoms with E-state index in [9.17, 15) is 4.39 Å². The predicted molar refractivity (Wildman–Crippen MR) is 50.3 cm³/mol. The standard InChI is InChI=1S/C10H11FN2O/c1-7(2)4-5-9-12-6-8(11)10(13-9)14-3/h6-7H,1-3H3. The lowest BCUT2D eigenvalue weighted by Crippen LogP contribution is -1.97. The van der Waals surface area contributed by atoms with E-state index in [0.29, 0.717) is 0 Å². The summed E-state index contributed by atoms with van der Waals surface area (Å²) in [5, 5.41) is 0. The maximum Gasteiger partial charge on any atom is 0.254 e. The minimum Gasteiger partial charge on any atom is -0.479 e. The van der Waals surface area contributed by atoms with Gasteiger partial charge in [-0.05, 0) is 5.92 Å². The van der Waals surface area contributed by atoms with Gasteiger partial charge in [0.25, 0.3) is 5.88 Å². The van der Waals surface area contributed by atoms with E-state index in [1.165, 1.54) is 7.11 Å². The van der Waals surface area contributed by atoms with Crippen molar-refractivity contribution in [1.29, 1.82) is 0 Å². The Morgan fingerprint density at radius 1 is 1.50 bits per heavy atom. The normalized spacial score (nSPS) is 9.50. The summed E-state index contributed by atoms with van der Waals surface area (Å²) in [5.41, 5.74) is 0. The number of nitrogens with zero attached hydrogens (tertiary/aromatic N) is 2. The Morgan fingerprint density at radius 2 is 2.21 bits per heavy atom. The molecule has 0 N–H and O–H groups in total. The first-order valence-electron chi connectivity index (χ1n) is 4.21. The third-order valence-electron chi connectivity index (χ3n) is 1.38. The molecular formula is C10H11FN2O. The van der Waals surface area contributed by atoms with Crippen molar-refractivity contribution in [2.45, 2.75) is 13.8 Å². The molecule has 14 heavy (non-hydrogen) atoms. The highest BCUT2D eigenvalue weighted by molar-refractivity contribution is 5.24. The molecule has 0 saturated carbocycles. The molecule has 0 amide bonds. The lowest BCUT2D eigenvalue weighted by molar-refractivity contribution is 0.366. The molecule has 0 atom stereocenters. The van der Waals surface area contributed by atoms with Gasteiger partial charge in [0, 0.05) is 5.92 Å². The smallest absolute Gasteiger partial charge is 0.254 e. The van der Waals surface area contributed by atoms with Crippen LogP contribution < -0.4 is 4.74 Å². The highest BCUT2D eigenvalue weighted by atomic mass is 19.1. The lowest BCUT2D eigenvalue weighted by Gasteiger charge is -1.98. The first-order chi connectivity index (χ1) is 6.63. The van der Waals surface area contributed by atoms with Crippen LogP contribution in [0.4, 0.5) is 4.39 Å². The Morgan fingerprint density at radius 3 is 2.79 bits per heavy atom. The molecule has 1 aromatic rings. The lowest BCUT2D eigenvalue weighted by atomic mass is 10.2. The van der Waals surface area contributed by atoms with Gasteiger partial charge in [-0.2, -0.15) is 9.37 Å². The van der Waals surface area contributed by atoms with Crippen LogP contribution in [0, 0.1) is 23.6 Å². The molecule has 0 aliphatic carbocycles. The van der Waals surface area contributed by atoms with E-state index in [2.05, 4.69) is 21.8 Å². The van der Waals surface area contributed by atoms with Crippen molar-refractivity contribution in [3.8, 4) is 17.7 Å². The fraction of sp³-hybridized carbons (Fsp3) is 0.400. The van der Waals surface area contributed by atoms with Crippen molar-refractivity contribution < 1.29 is 9.13 Å². The van der Waals surface area contributed by atoms with Gasteiger partial charge in [-0.25, -0.2) is 4.98 Å². The number of rotatable bonds is 1. The zero-order valence-electron chi connectivity index (χ0n) is 8.34. The summed E-state index contributed by atoms with van der Waals surface area (Å²) in [6.07, 6.45) is 1.05. The zero-order chi connectivity index (χ0) is 10.6. The predicted octanol–water partition coefficient (Wildman–Crippen LogP) is 1.63. The van der Waals surface area contributed by atoms with Crippen LogP contribution in [0.2, 0.25) is 0 Å². The summed E-state index contributed by atoms with van der Waals surface area (Å²) in [5.74, 6) is 5.46.